The van der Waals surface area contributed by atoms with Crippen LogP contribution in [-0.4, -0.2) is 5.16 Å². The molecule has 0 saturated heterocycles. The van der Waals surface area contributed by atoms with Crippen molar-refractivity contribution in [1.82, 2.24) is 5.16 Å². The Morgan fingerprint density at radius 3 is 2.85 bits per heavy atom. The zero-order chi connectivity index (χ0) is 9.42. The molecule has 0 fully saturated rings. The largest absolute Gasteiger partial charge is 0.356 e. The van der Waals surface area contributed by atoms with Gasteiger partial charge in [0.1, 0.15) is 0 Å². The SMILES string of the molecule is CC(C)c1noc2cc(S)ccc12. The third kappa shape index (κ3) is 1.44. The highest BCUT2D eigenvalue weighted by atomic mass is 32.1. The number of rotatable bonds is 1. The molecule has 2 aromatic rings. The fraction of sp³-hybridized carbons (Fsp3) is 0.300. The molecule has 0 unspecified atom stereocenters. The summed E-state index contributed by atoms with van der Waals surface area (Å²) in [6.07, 6.45) is 0. The molecule has 3 heteroatoms. The van der Waals surface area contributed by atoms with E-state index in [-0.39, 0.29) is 0 Å². The summed E-state index contributed by atoms with van der Waals surface area (Å²) in [5.74, 6) is 0.395. The van der Waals surface area contributed by atoms with Gasteiger partial charge in [0.15, 0.2) is 5.58 Å². The Morgan fingerprint density at radius 1 is 1.38 bits per heavy atom. The highest BCUT2D eigenvalue weighted by Gasteiger charge is 2.10. The zero-order valence-corrected chi connectivity index (χ0v) is 8.51. The van der Waals surface area contributed by atoms with Crippen LogP contribution in [0.3, 0.4) is 0 Å². The van der Waals surface area contributed by atoms with Gasteiger partial charge in [0.25, 0.3) is 0 Å². The van der Waals surface area contributed by atoms with Crippen LogP contribution in [0.5, 0.6) is 0 Å². The maximum absolute atomic E-state index is 5.19. The number of hydrogen-bond donors (Lipinski definition) is 1. The normalized spacial score (nSPS) is 11.4. The average Bonchev–Trinajstić information content (AvgIpc) is 2.46. The van der Waals surface area contributed by atoms with Crippen LogP contribution in [0.2, 0.25) is 0 Å². The Balaban J connectivity index is 2.69. The molecule has 0 saturated carbocycles. The Kier molecular flexibility index (Phi) is 2.04. The number of aromatic nitrogens is 1. The van der Waals surface area contributed by atoms with E-state index in [0.717, 1.165) is 21.6 Å². The van der Waals surface area contributed by atoms with E-state index in [0.29, 0.717) is 5.92 Å². The molecule has 0 atom stereocenters. The lowest BCUT2D eigenvalue weighted by Crippen LogP contribution is -1.86. The van der Waals surface area contributed by atoms with Crippen molar-refractivity contribution in [2.24, 2.45) is 0 Å². The fourth-order valence-corrected chi connectivity index (χ4v) is 1.55. The van der Waals surface area contributed by atoms with E-state index in [1.807, 2.05) is 18.2 Å². The number of nitrogens with zero attached hydrogens (tertiary/aromatic N) is 1. The molecule has 0 aliphatic heterocycles. The Morgan fingerprint density at radius 2 is 2.15 bits per heavy atom. The molecule has 1 aromatic heterocycles. The Bertz CT molecular complexity index is 433. The van der Waals surface area contributed by atoms with Crippen LogP contribution in [0.25, 0.3) is 11.0 Å². The first-order chi connectivity index (χ1) is 6.18. The van der Waals surface area contributed by atoms with Crippen LogP contribution >= 0.6 is 12.6 Å². The third-order valence-corrected chi connectivity index (χ3v) is 2.31. The molecule has 1 heterocycles. The number of fused-ring (bicyclic) bond motifs is 1. The minimum absolute atomic E-state index is 0.395. The lowest BCUT2D eigenvalue weighted by atomic mass is 10.1. The van der Waals surface area contributed by atoms with Gasteiger partial charge in [-0.15, -0.1) is 12.6 Å². The second-order valence-corrected chi connectivity index (χ2v) is 3.92. The van der Waals surface area contributed by atoms with E-state index in [2.05, 4.69) is 31.6 Å². The molecule has 1 aromatic carbocycles. The van der Waals surface area contributed by atoms with E-state index in [1.165, 1.54) is 0 Å². The van der Waals surface area contributed by atoms with Crippen LogP contribution in [0.15, 0.2) is 27.6 Å². The molecule has 0 bridgehead atoms. The van der Waals surface area contributed by atoms with Crippen LogP contribution in [0.4, 0.5) is 0 Å². The summed E-state index contributed by atoms with van der Waals surface area (Å²) in [5.41, 5.74) is 1.83. The summed E-state index contributed by atoms with van der Waals surface area (Å²) in [5, 5.41) is 5.12. The van der Waals surface area contributed by atoms with Crippen LogP contribution in [0, 0.1) is 0 Å². The number of thiol groups is 1. The van der Waals surface area contributed by atoms with Crippen molar-refractivity contribution in [2.75, 3.05) is 0 Å². The quantitative estimate of drug-likeness (QED) is 0.703. The van der Waals surface area contributed by atoms with E-state index < -0.39 is 0 Å². The first-order valence-electron chi connectivity index (χ1n) is 4.27. The van der Waals surface area contributed by atoms with Crippen molar-refractivity contribution < 1.29 is 4.52 Å². The van der Waals surface area contributed by atoms with Crippen LogP contribution in [-0.2, 0) is 0 Å². The second kappa shape index (κ2) is 3.07. The lowest BCUT2D eigenvalue weighted by Gasteiger charge is -1.97. The van der Waals surface area contributed by atoms with Crippen molar-refractivity contribution in [2.45, 2.75) is 24.7 Å². The van der Waals surface area contributed by atoms with Gasteiger partial charge in [-0.2, -0.15) is 0 Å². The van der Waals surface area contributed by atoms with Crippen molar-refractivity contribution >= 4 is 23.6 Å². The summed E-state index contributed by atoms with van der Waals surface area (Å²) < 4.78 is 5.19. The summed E-state index contributed by atoms with van der Waals surface area (Å²) in [6, 6.07) is 5.84. The van der Waals surface area contributed by atoms with Gasteiger partial charge in [-0.25, -0.2) is 0 Å². The lowest BCUT2D eigenvalue weighted by molar-refractivity contribution is 0.441. The summed E-state index contributed by atoms with van der Waals surface area (Å²) in [6.45, 7) is 4.21. The maximum Gasteiger partial charge on any atom is 0.168 e. The molecule has 2 nitrogen and oxygen atoms in total. The molecule has 0 N–H and O–H groups in total. The first-order valence-corrected chi connectivity index (χ1v) is 4.71. The Hall–Kier alpha value is -0.960. The predicted molar refractivity (Wildman–Crippen MR) is 55.4 cm³/mol. The van der Waals surface area contributed by atoms with E-state index in [9.17, 15) is 0 Å². The fourth-order valence-electron chi connectivity index (χ4n) is 1.36. The van der Waals surface area contributed by atoms with Crippen molar-refractivity contribution in [3.05, 3.63) is 23.9 Å². The van der Waals surface area contributed by atoms with Crippen molar-refractivity contribution in [3.8, 4) is 0 Å². The first kappa shape index (κ1) is 8.63. The molecule has 0 spiro atoms. The predicted octanol–water partition coefficient (Wildman–Crippen LogP) is 3.24. The molecule has 0 aliphatic carbocycles. The standard InChI is InChI=1S/C10H11NOS/c1-6(2)10-8-4-3-7(13)5-9(8)12-11-10/h3-6,13H,1-2H3. The van der Waals surface area contributed by atoms with Gasteiger partial charge in [0.2, 0.25) is 0 Å². The molecule has 0 radical (unpaired) electrons. The highest BCUT2D eigenvalue weighted by molar-refractivity contribution is 7.80. The topological polar surface area (TPSA) is 26.0 Å². The smallest absolute Gasteiger partial charge is 0.168 e. The van der Waals surface area contributed by atoms with Gasteiger partial charge in [-0.05, 0) is 24.1 Å². The van der Waals surface area contributed by atoms with Gasteiger partial charge in [-0.1, -0.05) is 19.0 Å². The maximum atomic E-state index is 5.19. The third-order valence-electron chi connectivity index (χ3n) is 2.03. The van der Waals surface area contributed by atoms with Gasteiger partial charge >= 0.3 is 0 Å². The molecule has 0 amide bonds. The average molecular weight is 193 g/mol. The van der Waals surface area contributed by atoms with Gasteiger partial charge in [0, 0.05) is 10.3 Å². The van der Waals surface area contributed by atoms with Crippen LogP contribution in [0.1, 0.15) is 25.5 Å². The molecule has 2 rings (SSSR count). The van der Waals surface area contributed by atoms with E-state index in [1.54, 1.807) is 0 Å². The monoisotopic (exact) mass is 193 g/mol. The number of hydrogen-bond acceptors (Lipinski definition) is 3. The summed E-state index contributed by atoms with van der Waals surface area (Å²) in [7, 11) is 0. The summed E-state index contributed by atoms with van der Waals surface area (Å²) >= 11 is 4.23. The second-order valence-electron chi connectivity index (χ2n) is 3.40. The van der Waals surface area contributed by atoms with Gasteiger partial charge in [0.05, 0.1) is 5.69 Å². The highest BCUT2D eigenvalue weighted by Crippen LogP contribution is 2.26. The molecule has 0 aliphatic rings. The molecule has 13 heavy (non-hydrogen) atoms. The zero-order valence-electron chi connectivity index (χ0n) is 7.61. The van der Waals surface area contributed by atoms with Gasteiger partial charge < -0.3 is 4.52 Å². The minimum Gasteiger partial charge on any atom is -0.356 e. The summed E-state index contributed by atoms with van der Waals surface area (Å²) in [4.78, 5) is 0.902. The molecular formula is C10H11NOS. The number of benzene rings is 1. The van der Waals surface area contributed by atoms with Crippen LogP contribution < -0.4 is 0 Å². The van der Waals surface area contributed by atoms with Crippen molar-refractivity contribution in [1.29, 1.82) is 0 Å². The molecule has 68 valence electrons. The minimum atomic E-state index is 0.395. The van der Waals surface area contributed by atoms with E-state index >= 15 is 0 Å². The van der Waals surface area contributed by atoms with E-state index in [4.69, 9.17) is 4.52 Å². The van der Waals surface area contributed by atoms with Gasteiger partial charge in [-0.3, -0.25) is 0 Å². The molecular weight excluding hydrogens is 182 g/mol. The van der Waals surface area contributed by atoms with Crippen molar-refractivity contribution in [3.63, 3.8) is 0 Å². The Labute approximate surface area is 82.3 Å².